The molecule has 182 valence electrons. The van der Waals surface area contributed by atoms with Crippen LogP contribution in [0.25, 0.3) is 0 Å². The molecule has 0 bridgehead atoms. The average Bonchev–Trinajstić information content (AvgIpc) is 2.86. The molecule has 8 nitrogen and oxygen atoms in total. The van der Waals surface area contributed by atoms with Crippen LogP contribution in [0.1, 0.15) is 27.3 Å². The Bertz CT molecular complexity index is 1160. The first kappa shape index (κ1) is 24.3. The van der Waals surface area contributed by atoms with Crippen LogP contribution < -0.4 is 10.6 Å². The number of carbonyl (C=O) groups is 2. The number of carbonyl (C=O) groups excluding carboxylic acids is 2. The van der Waals surface area contributed by atoms with Gasteiger partial charge in [0.2, 0.25) is 11.9 Å². The Balaban J connectivity index is 1.46. The number of nitrogens with zero attached hydrogens (tertiary/aromatic N) is 4. The molecule has 1 aromatic heterocycles. The summed E-state index contributed by atoms with van der Waals surface area (Å²) >= 11 is 0. The number of hydrogen-bond acceptors (Lipinski definition) is 6. The van der Waals surface area contributed by atoms with Crippen molar-refractivity contribution in [1.29, 1.82) is 0 Å². The standard InChI is InChI=1S/C27H32N6O2/c1-19-16-20(2)30-27(29-19)31-23-11-7-10-22(17-23)26(35)33-15-14-32(18-24(33)25(34)28-3)13-12-21-8-5-4-6-9-21/h4-11,16-17,24H,12-15,18H2,1-3H3,(H,28,34)(H,29,30,31). The quantitative estimate of drug-likeness (QED) is 0.550. The number of aryl methyl sites for hydroxylation is 2. The van der Waals surface area contributed by atoms with Crippen LogP contribution in [0.2, 0.25) is 0 Å². The third kappa shape index (κ3) is 6.22. The van der Waals surface area contributed by atoms with E-state index in [1.54, 1.807) is 24.1 Å². The third-order valence-electron chi connectivity index (χ3n) is 6.18. The SMILES string of the molecule is CNC(=O)C1CN(CCc2ccccc2)CCN1C(=O)c1cccc(Nc2nc(C)cc(C)n2)c1. The summed E-state index contributed by atoms with van der Waals surface area (Å²) < 4.78 is 0. The topological polar surface area (TPSA) is 90.5 Å². The molecule has 1 atom stereocenters. The van der Waals surface area contributed by atoms with Crippen LogP contribution in [-0.2, 0) is 11.2 Å². The van der Waals surface area contributed by atoms with Crippen molar-refractivity contribution in [2.45, 2.75) is 26.3 Å². The molecule has 3 aromatic rings. The number of hydrogen-bond donors (Lipinski definition) is 2. The molecule has 35 heavy (non-hydrogen) atoms. The number of anilines is 2. The van der Waals surface area contributed by atoms with Gasteiger partial charge in [0, 0.05) is 55.9 Å². The number of rotatable bonds is 7. The summed E-state index contributed by atoms with van der Waals surface area (Å²) in [5.74, 6) is 0.175. The first-order valence-corrected chi connectivity index (χ1v) is 11.9. The molecular weight excluding hydrogens is 440 g/mol. The molecule has 0 spiro atoms. The minimum Gasteiger partial charge on any atom is -0.357 e. The fourth-order valence-electron chi connectivity index (χ4n) is 4.42. The smallest absolute Gasteiger partial charge is 0.254 e. The molecular formula is C27H32N6O2. The van der Waals surface area contributed by atoms with Crippen LogP contribution in [0, 0.1) is 13.8 Å². The van der Waals surface area contributed by atoms with E-state index in [4.69, 9.17) is 0 Å². The van der Waals surface area contributed by atoms with Crippen LogP contribution in [0.4, 0.5) is 11.6 Å². The molecule has 1 aliphatic heterocycles. The Labute approximate surface area is 206 Å². The third-order valence-corrected chi connectivity index (χ3v) is 6.18. The second-order valence-corrected chi connectivity index (χ2v) is 8.84. The Morgan fingerprint density at radius 1 is 0.971 bits per heavy atom. The van der Waals surface area contributed by atoms with Gasteiger partial charge in [-0.15, -0.1) is 0 Å². The van der Waals surface area contributed by atoms with Crippen molar-refractivity contribution in [2.75, 3.05) is 38.5 Å². The zero-order valence-corrected chi connectivity index (χ0v) is 20.5. The van der Waals surface area contributed by atoms with E-state index in [-0.39, 0.29) is 11.8 Å². The van der Waals surface area contributed by atoms with Crippen LogP contribution in [0.15, 0.2) is 60.7 Å². The Hall–Kier alpha value is -3.78. The van der Waals surface area contributed by atoms with Crippen LogP contribution in [0.3, 0.4) is 0 Å². The maximum atomic E-state index is 13.5. The van der Waals surface area contributed by atoms with E-state index in [0.29, 0.717) is 24.6 Å². The fourth-order valence-corrected chi connectivity index (χ4v) is 4.42. The van der Waals surface area contributed by atoms with E-state index in [9.17, 15) is 9.59 Å². The van der Waals surface area contributed by atoms with E-state index < -0.39 is 6.04 Å². The van der Waals surface area contributed by atoms with Crippen molar-refractivity contribution in [3.8, 4) is 0 Å². The van der Waals surface area contributed by atoms with Gasteiger partial charge >= 0.3 is 0 Å². The summed E-state index contributed by atoms with van der Waals surface area (Å²) in [7, 11) is 1.61. The molecule has 8 heteroatoms. The molecule has 1 aliphatic rings. The zero-order chi connectivity index (χ0) is 24.8. The van der Waals surface area contributed by atoms with Gasteiger partial charge in [-0.3, -0.25) is 14.5 Å². The molecule has 0 saturated carbocycles. The first-order valence-electron chi connectivity index (χ1n) is 11.9. The van der Waals surface area contributed by atoms with Crippen molar-refractivity contribution in [3.05, 3.63) is 83.2 Å². The molecule has 1 unspecified atom stereocenters. The highest BCUT2D eigenvalue weighted by Crippen LogP contribution is 2.20. The summed E-state index contributed by atoms with van der Waals surface area (Å²) in [4.78, 5) is 39.0. The summed E-state index contributed by atoms with van der Waals surface area (Å²) in [5, 5.41) is 5.92. The Kier molecular flexibility index (Phi) is 7.72. The predicted octanol–water partition coefficient (Wildman–Crippen LogP) is 2.95. The van der Waals surface area contributed by atoms with Gasteiger partial charge in [0.15, 0.2) is 0 Å². The average molecular weight is 473 g/mol. The van der Waals surface area contributed by atoms with Crippen LogP contribution in [0.5, 0.6) is 0 Å². The molecule has 2 N–H and O–H groups in total. The highest BCUT2D eigenvalue weighted by Gasteiger charge is 2.35. The molecule has 1 saturated heterocycles. The van der Waals surface area contributed by atoms with E-state index >= 15 is 0 Å². The summed E-state index contributed by atoms with van der Waals surface area (Å²) in [6, 6.07) is 18.9. The van der Waals surface area contributed by atoms with Crippen molar-refractivity contribution >= 4 is 23.5 Å². The van der Waals surface area contributed by atoms with Gasteiger partial charge in [-0.1, -0.05) is 36.4 Å². The number of piperazine rings is 1. The van der Waals surface area contributed by atoms with E-state index in [1.807, 2.05) is 50.2 Å². The van der Waals surface area contributed by atoms with E-state index in [0.717, 1.165) is 36.6 Å². The second kappa shape index (κ2) is 11.1. The summed E-state index contributed by atoms with van der Waals surface area (Å²) in [6.07, 6.45) is 0.906. The Morgan fingerprint density at radius 3 is 2.43 bits per heavy atom. The van der Waals surface area contributed by atoms with Gasteiger partial charge < -0.3 is 15.5 Å². The van der Waals surface area contributed by atoms with Gasteiger partial charge in [-0.2, -0.15) is 0 Å². The molecule has 2 aromatic carbocycles. The van der Waals surface area contributed by atoms with Crippen LogP contribution >= 0.6 is 0 Å². The van der Waals surface area contributed by atoms with Gasteiger partial charge in [-0.25, -0.2) is 9.97 Å². The number of likely N-dealkylation sites (N-methyl/N-ethyl adjacent to an activating group) is 1. The number of aromatic nitrogens is 2. The maximum Gasteiger partial charge on any atom is 0.254 e. The summed E-state index contributed by atoms with van der Waals surface area (Å²) in [6.45, 7) is 6.39. The molecule has 1 fully saturated rings. The van der Waals surface area contributed by atoms with Gasteiger partial charge in [0.1, 0.15) is 6.04 Å². The fraction of sp³-hybridized carbons (Fsp3) is 0.333. The molecule has 2 amide bonds. The molecule has 0 radical (unpaired) electrons. The normalized spacial score (nSPS) is 16.1. The lowest BCUT2D eigenvalue weighted by atomic mass is 10.1. The largest absolute Gasteiger partial charge is 0.357 e. The lowest BCUT2D eigenvalue weighted by molar-refractivity contribution is -0.127. The zero-order valence-electron chi connectivity index (χ0n) is 20.5. The highest BCUT2D eigenvalue weighted by molar-refractivity contribution is 5.98. The van der Waals surface area contributed by atoms with Crippen molar-refractivity contribution < 1.29 is 9.59 Å². The van der Waals surface area contributed by atoms with Gasteiger partial charge in [-0.05, 0) is 50.1 Å². The van der Waals surface area contributed by atoms with Gasteiger partial charge in [0.05, 0.1) is 0 Å². The van der Waals surface area contributed by atoms with Crippen LogP contribution in [-0.4, -0.2) is 70.9 Å². The minimum absolute atomic E-state index is 0.152. The summed E-state index contributed by atoms with van der Waals surface area (Å²) in [5.41, 5.74) is 4.24. The van der Waals surface area contributed by atoms with Crippen molar-refractivity contribution in [1.82, 2.24) is 25.1 Å². The van der Waals surface area contributed by atoms with E-state index in [1.165, 1.54) is 5.56 Å². The van der Waals surface area contributed by atoms with Crippen molar-refractivity contribution in [2.24, 2.45) is 0 Å². The monoisotopic (exact) mass is 472 g/mol. The molecule has 0 aliphatic carbocycles. The first-order chi connectivity index (χ1) is 16.9. The maximum absolute atomic E-state index is 13.5. The number of benzene rings is 2. The number of amides is 2. The highest BCUT2D eigenvalue weighted by atomic mass is 16.2. The lowest BCUT2D eigenvalue weighted by Gasteiger charge is -2.40. The molecule has 4 rings (SSSR count). The Morgan fingerprint density at radius 2 is 1.71 bits per heavy atom. The van der Waals surface area contributed by atoms with Gasteiger partial charge in [0.25, 0.3) is 5.91 Å². The minimum atomic E-state index is -0.545. The molecule has 2 heterocycles. The van der Waals surface area contributed by atoms with E-state index in [2.05, 4.69) is 37.6 Å². The predicted molar refractivity (Wildman–Crippen MR) is 137 cm³/mol. The number of nitrogens with one attached hydrogen (secondary N) is 2. The van der Waals surface area contributed by atoms with Crippen molar-refractivity contribution in [3.63, 3.8) is 0 Å². The second-order valence-electron chi connectivity index (χ2n) is 8.84. The lowest BCUT2D eigenvalue weighted by Crippen LogP contribution is -2.60.